The third kappa shape index (κ3) is 3.00. The van der Waals surface area contributed by atoms with E-state index in [1.54, 1.807) is 13.8 Å². The number of hydrogen-bond acceptors (Lipinski definition) is 5. The molecule has 0 aliphatic carbocycles. The third-order valence-electron chi connectivity index (χ3n) is 3.87. The summed E-state index contributed by atoms with van der Waals surface area (Å²) in [5, 5.41) is -0.690. The highest BCUT2D eigenvalue weighted by molar-refractivity contribution is 7.92. The number of aromatic nitrogens is 2. The van der Waals surface area contributed by atoms with Gasteiger partial charge in [-0.3, -0.25) is 4.79 Å². The van der Waals surface area contributed by atoms with Crippen molar-refractivity contribution in [2.45, 2.75) is 24.0 Å². The molecule has 1 aromatic heterocycles. The van der Waals surface area contributed by atoms with Gasteiger partial charge in [-0.25, -0.2) is 17.8 Å². The lowest BCUT2D eigenvalue weighted by molar-refractivity contribution is 0.103. The number of rotatable bonds is 4. The van der Waals surface area contributed by atoms with Gasteiger partial charge in [0.05, 0.1) is 15.7 Å². The summed E-state index contributed by atoms with van der Waals surface area (Å²) in [7, 11) is -3.69. The standard InChI is InChI=1S/C17H16FN3O3S/c1-9(2)25(23,24)14-8-11(7-13-15(14)21-17(19)20-13)16(22)10-3-5-12(18)6-4-10/h3-9H,1-2H3,(H3,19,20,21). The predicted octanol–water partition coefficient (Wildman–Crippen LogP) is 2.70. The van der Waals surface area contributed by atoms with E-state index in [1.165, 1.54) is 36.4 Å². The molecule has 0 amide bonds. The van der Waals surface area contributed by atoms with Gasteiger partial charge in [-0.2, -0.15) is 0 Å². The Hall–Kier alpha value is -2.74. The molecule has 25 heavy (non-hydrogen) atoms. The maximum atomic E-state index is 13.1. The molecule has 0 radical (unpaired) electrons. The van der Waals surface area contributed by atoms with Crippen molar-refractivity contribution in [2.24, 2.45) is 0 Å². The summed E-state index contributed by atoms with van der Waals surface area (Å²) in [5.41, 5.74) is 6.60. The van der Waals surface area contributed by atoms with Gasteiger partial charge >= 0.3 is 0 Å². The summed E-state index contributed by atoms with van der Waals surface area (Å²) in [6, 6.07) is 7.82. The number of sulfone groups is 1. The van der Waals surface area contributed by atoms with Crippen LogP contribution in [0.25, 0.3) is 11.0 Å². The molecule has 0 aliphatic heterocycles. The minimum atomic E-state index is -3.69. The number of ketones is 1. The van der Waals surface area contributed by atoms with Crippen molar-refractivity contribution in [3.8, 4) is 0 Å². The van der Waals surface area contributed by atoms with Gasteiger partial charge in [0.25, 0.3) is 0 Å². The number of fused-ring (bicyclic) bond motifs is 1. The number of H-pyrrole nitrogens is 1. The number of aromatic amines is 1. The van der Waals surface area contributed by atoms with Crippen LogP contribution in [0, 0.1) is 5.82 Å². The van der Waals surface area contributed by atoms with Crippen molar-refractivity contribution in [3.63, 3.8) is 0 Å². The number of anilines is 1. The minimum absolute atomic E-state index is 0.0570. The Morgan fingerprint density at radius 2 is 1.80 bits per heavy atom. The number of carbonyl (C=O) groups is 1. The second kappa shape index (κ2) is 5.96. The summed E-state index contributed by atoms with van der Waals surface area (Å²) in [6.45, 7) is 3.09. The second-order valence-corrected chi connectivity index (χ2v) is 8.40. The number of nitrogens with two attached hydrogens (primary N) is 1. The molecule has 2 aromatic carbocycles. The summed E-state index contributed by atoms with van der Waals surface area (Å²) in [6.07, 6.45) is 0. The van der Waals surface area contributed by atoms with Crippen molar-refractivity contribution in [1.82, 2.24) is 9.97 Å². The van der Waals surface area contributed by atoms with Gasteiger partial charge in [-0.05, 0) is 50.2 Å². The van der Waals surface area contributed by atoms with E-state index in [4.69, 9.17) is 5.73 Å². The molecule has 6 nitrogen and oxygen atoms in total. The number of halogens is 1. The Bertz CT molecular complexity index is 1070. The van der Waals surface area contributed by atoms with Crippen molar-refractivity contribution < 1.29 is 17.6 Å². The van der Waals surface area contributed by atoms with Crippen LogP contribution in [-0.2, 0) is 9.84 Å². The predicted molar refractivity (Wildman–Crippen MR) is 92.7 cm³/mol. The number of hydrogen-bond donors (Lipinski definition) is 2. The van der Waals surface area contributed by atoms with Crippen LogP contribution in [0.5, 0.6) is 0 Å². The van der Waals surface area contributed by atoms with Gasteiger partial charge in [-0.15, -0.1) is 0 Å². The summed E-state index contributed by atoms with van der Waals surface area (Å²) in [5.74, 6) is -0.826. The molecule has 3 aromatic rings. The molecule has 8 heteroatoms. The van der Waals surface area contributed by atoms with Gasteiger partial charge < -0.3 is 10.7 Å². The highest BCUT2D eigenvalue weighted by atomic mass is 32.2. The first-order valence-electron chi connectivity index (χ1n) is 7.53. The molecule has 130 valence electrons. The third-order valence-corrected chi connectivity index (χ3v) is 6.03. The van der Waals surface area contributed by atoms with Crippen molar-refractivity contribution >= 4 is 32.6 Å². The molecular weight excluding hydrogens is 345 g/mol. The largest absolute Gasteiger partial charge is 0.369 e. The van der Waals surface area contributed by atoms with Gasteiger partial charge in [-0.1, -0.05) is 0 Å². The Balaban J connectivity index is 2.23. The topological polar surface area (TPSA) is 106 Å². The first-order valence-corrected chi connectivity index (χ1v) is 9.08. The number of carbonyl (C=O) groups excluding carboxylic acids is 1. The van der Waals surface area contributed by atoms with E-state index in [0.717, 1.165) is 0 Å². The highest BCUT2D eigenvalue weighted by Gasteiger charge is 2.26. The average Bonchev–Trinajstić information content (AvgIpc) is 2.93. The van der Waals surface area contributed by atoms with Crippen LogP contribution in [0.1, 0.15) is 29.8 Å². The molecule has 3 N–H and O–H groups in total. The van der Waals surface area contributed by atoms with E-state index < -0.39 is 26.7 Å². The molecule has 0 saturated heterocycles. The van der Waals surface area contributed by atoms with E-state index in [0.29, 0.717) is 5.52 Å². The van der Waals surface area contributed by atoms with Crippen molar-refractivity contribution in [2.75, 3.05) is 5.73 Å². The molecule has 1 heterocycles. The van der Waals surface area contributed by atoms with Crippen LogP contribution in [0.2, 0.25) is 0 Å². The Kier molecular flexibility index (Phi) is 4.08. The lowest BCUT2D eigenvalue weighted by Gasteiger charge is -2.10. The fourth-order valence-electron chi connectivity index (χ4n) is 2.47. The van der Waals surface area contributed by atoms with Crippen LogP contribution in [-0.4, -0.2) is 29.4 Å². The number of benzene rings is 2. The maximum absolute atomic E-state index is 13.1. The molecule has 0 spiro atoms. The smallest absolute Gasteiger partial charge is 0.198 e. The molecule has 0 saturated carbocycles. The second-order valence-electron chi connectivity index (χ2n) is 5.92. The molecule has 0 aliphatic rings. The molecular formula is C17H16FN3O3S. The van der Waals surface area contributed by atoms with E-state index in [1.807, 2.05) is 0 Å². The first kappa shape index (κ1) is 17.1. The van der Waals surface area contributed by atoms with Crippen LogP contribution < -0.4 is 5.73 Å². The van der Waals surface area contributed by atoms with Gasteiger partial charge in [0.15, 0.2) is 21.6 Å². The van der Waals surface area contributed by atoms with Crippen LogP contribution in [0.15, 0.2) is 41.3 Å². The molecule has 0 fully saturated rings. The number of nitrogen functional groups attached to an aromatic ring is 1. The van der Waals surface area contributed by atoms with Crippen LogP contribution >= 0.6 is 0 Å². The summed E-state index contributed by atoms with van der Waals surface area (Å²) < 4.78 is 38.4. The van der Waals surface area contributed by atoms with Crippen molar-refractivity contribution in [3.05, 3.63) is 53.3 Å². The summed E-state index contributed by atoms with van der Waals surface area (Å²) in [4.78, 5) is 19.4. The van der Waals surface area contributed by atoms with E-state index in [-0.39, 0.29) is 27.5 Å². The highest BCUT2D eigenvalue weighted by Crippen LogP contribution is 2.28. The zero-order valence-corrected chi connectivity index (χ0v) is 14.4. The van der Waals surface area contributed by atoms with Crippen LogP contribution in [0.3, 0.4) is 0 Å². The van der Waals surface area contributed by atoms with Crippen LogP contribution in [0.4, 0.5) is 10.3 Å². The zero-order chi connectivity index (χ0) is 18.4. The lowest BCUT2D eigenvalue weighted by atomic mass is 10.0. The Morgan fingerprint density at radius 3 is 2.40 bits per heavy atom. The molecule has 3 rings (SSSR count). The SMILES string of the molecule is CC(C)S(=O)(=O)c1cc(C(=O)c2ccc(F)cc2)cc2[nH]c(N)nc12. The number of imidazole rings is 1. The zero-order valence-electron chi connectivity index (χ0n) is 13.6. The van der Waals surface area contributed by atoms with Crippen molar-refractivity contribution in [1.29, 1.82) is 0 Å². The van der Waals surface area contributed by atoms with E-state index >= 15 is 0 Å². The minimum Gasteiger partial charge on any atom is -0.369 e. The molecule has 0 unspecified atom stereocenters. The lowest BCUT2D eigenvalue weighted by Crippen LogP contribution is -2.15. The normalized spacial score (nSPS) is 12.0. The quantitative estimate of drug-likeness (QED) is 0.695. The Labute approximate surface area is 143 Å². The molecule has 0 bridgehead atoms. The van der Waals surface area contributed by atoms with E-state index in [2.05, 4.69) is 9.97 Å². The molecule has 0 atom stereocenters. The summed E-state index contributed by atoms with van der Waals surface area (Å²) >= 11 is 0. The van der Waals surface area contributed by atoms with Gasteiger partial charge in [0.2, 0.25) is 0 Å². The monoisotopic (exact) mass is 361 g/mol. The fourth-order valence-corrected chi connectivity index (χ4v) is 3.70. The van der Waals surface area contributed by atoms with Gasteiger partial charge in [0.1, 0.15) is 11.3 Å². The number of nitrogens with one attached hydrogen (secondary N) is 1. The maximum Gasteiger partial charge on any atom is 0.198 e. The fraction of sp³-hybridized carbons (Fsp3) is 0.176. The average molecular weight is 361 g/mol. The first-order chi connectivity index (χ1) is 11.7. The Morgan fingerprint density at radius 1 is 1.16 bits per heavy atom. The van der Waals surface area contributed by atoms with E-state index in [9.17, 15) is 17.6 Å². The number of nitrogens with zero attached hydrogens (tertiary/aromatic N) is 1. The van der Waals surface area contributed by atoms with Gasteiger partial charge in [0, 0.05) is 11.1 Å².